The van der Waals surface area contributed by atoms with Gasteiger partial charge in [0.2, 0.25) is 0 Å². The third-order valence-corrected chi connectivity index (χ3v) is 1.62. The molecule has 10 heavy (non-hydrogen) atoms. The van der Waals surface area contributed by atoms with Gasteiger partial charge in [-0.05, 0) is 0 Å². The minimum Gasteiger partial charge on any atom is -1.00 e. The number of allylic oxidation sites excluding steroid dienone is 4. The molecular weight excluding hydrogens is 214 g/mol. The van der Waals surface area contributed by atoms with Gasteiger partial charge in [-0.3, -0.25) is 0 Å². The van der Waals surface area contributed by atoms with Gasteiger partial charge < -0.3 is 17.0 Å². The van der Waals surface area contributed by atoms with Crippen LogP contribution in [0.25, 0.3) is 0 Å². The van der Waals surface area contributed by atoms with E-state index in [9.17, 15) is 8.78 Å². The zero-order valence-electron chi connectivity index (χ0n) is 5.28. The molecule has 0 N–H and O–H groups in total. The van der Waals surface area contributed by atoms with Gasteiger partial charge in [0, 0.05) is 0 Å². The zero-order chi connectivity index (χ0) is 6.91. The normalized spacial score (nSPS) is 31.0. The second-order valence-corrected chi connectivity index (χ2v) is 3.35. The molecule has 0 radical (unpaired) electrons. The van der Waals surface area contributed by atoms with Crippen LogP contribution in [0.15, 0.2) is 24.1 Å². The van der Waals surface area contributed by atoms with E-state index < -0.39 is 9.62 Å². The van der Waals surface area contributed by atoms with E-state index >= 15 is 0 Å². The van der Waals surface area contributed by atoms with Crippen molar-refractivity contribution in [1.29, 1.82) is 0 Å². The molecule has 0 saturated heterocycles. The Morgan fingerprint density at radius 3 is 2.50 bits per heavy atom. The monoisotopic (exact) mass is 218 g/mol. The van der Waals surface area contributed by atoms with Gasteiger partial charge in [-0.15, -0.1) is 0 Å². The number of hydrogen-bond donors (Lipinski definition) is 0. The Morgan fingerprint density at radius 1 is 1.60 bits per heavy atom. The molecule has 4 heteroatoms. The van der Waals surface area contributed by atoms with E-state index in [-0.39, 0.29) is 17.0 Å². The van der Waals surface area contributed by atoms with Crippen molar-refractivity contribution < 1.29 is 25.8 Å². The van der Waals surface area contributed by atoms with Gasteiger partial charge in [-0.2, -0.15) is 0 Å². The fraction of sp³-hybridized carbons (Fsp3) is 0.333. The first-order chi connectivity index (χ1) is 4.10. The fourth-order valence-corrected chi connectivity index (χ4v) is 1.08. The maximum absolute atomic E-state index is 12.8. The Morgan fingerprint density at radius 2 is 2.20 bits per heavy atom. The van der Waals surface area contributed by atoms with Crippen molar-refractivity contribution in [1.82, 2.24) is 0 Å². The summed E-state index contributed by atoms with van der Waals surface area (Å²) < 4.78 is 23.5. The first-order valence-corrected chi connectivity index (χ1v) is 3.40. The van der Waals surface area contributed by atoms with E-state index in [0.29, 0.717) is 6.42 Å². The first kappa shape index (κ1) is 10.6. The third-order valence-electron chi connectivity index (χ3n) is 1.13. The molecule has 0 bridgehead atoms. The smallest absolute Gasteiger partial charge is 1.00 e. The quantitative estimate of drug-likeness (QED) is 0.441. The molecule has 0 heterocycles. The minimum atomic E-state index is -1.45. The van der Waals surface area contributed by atoms with Crippen LogP contribution in [-0.4, -0.2) is 25.5 Å². The largest absolute Gasteiger partial charge is 1.00 e. The van der Waals surface area contributed by atoms with Crippen LogP contribution in [-0.2, 0) is 0 Å². The van der Waals surface area contributed by atoms with Crippen LogP contribution in [0.3, 0.4) is 0 Å². The average Bonchev–Trinajstić information content (AvgIpc) is 1.60. The molecule has 0 amide bonds. The summed E-state index contributed by atoms with van der Waals surface area (Å²) in [5.74, 6) is -0.473. The predicted octanol–water partition coefficient (Wildman–Crippen LogP) is -1.36. The van der Waals surface area contributed by atoms with E-state index in [1.54, 1.807) is 0 Å². The van der Waals surface area contributed by atoms with Crippen LogP contribution < -0.4 is 17.0 Å². The average molecular weight is 219 g/mol. The van der Waals surface area contributed by atoms with Gasteiger partial charge in [0.1, 0.15) is 0 Å². The molecule has 0 nitrogen and oxygen atoms in total. The van der Waals surface area contributed by atoms with E-state index in [1.165, 1.54) is 12.2 Å². The van der Waals surface area contributed by atoms with Crippen molar-refractivity contribution in [3.8, 4) is 0 Å². The first-order valence-electron chi connectivity index (χ1n) is 2.69. The van der Waals surface area contributed by atoms with E-state index in [1.807, 2.05) is 0 Å². The summed E-state index contributed by atoms with van der Waals surface area (Å²) in [7, 11) is 0. The van der Waals surface area contributed by atoms with Crippen LogP contribution in [0.2, 0.25) is 0 Å². The van der Waals surface area contributed by atoms with E-state index in [0.717, 1.165) is 27.8 Å². The maximum Gasteiger partial charge on any atom is -1.00 e. The molecule has 1 rings (SSSR count). The van der Waals surface area contributed by atoms with Gasteiger partial charge in [-0.25, -0.2) is 0 Å². The van der Waals surface area contributed by atoms with Crippen molar-refractivity contribution in [2.75, 3.05) is 0 Å². The second-order valence-electron chi connectivity index (χ2n) is 2.17. The Kier molecular flexibility index (Phi) is 4.05. The summed E-state index contributed by atoms with van der Waals surface area (Å²) in [6.07, 6.45) is 4.08. The molecule has 52 valence electrons. The summed E-state index contributed by atoms with van der Waals surface area (Å²) in [6, 6.07) is 0. The molecule has 1 unspecified atom stereocenters. The topological polar surface area (TPSA) is 0 Å². The Labute approximate surface area is 81.6 Å². The summed E-state index contributed by atoms with van der Waals surface area (Å²) in [5, 5.41) is 0. The van der Waals surface area contributed by atoms with Crippen LogP contribution in [0, 0.1) is 0 Å². The van der Waals surface area contributed by atoms with Crippen molar-refractivity contribution in [3.63, 3.8) is 0 Å². The molecule has 1 aliphatic rings. The molecule has 0 aromatic rings. The van der Waals surface area contributed by atoms with Crippen LogP contribution in [0.4, 0.5) is 8.78 Å². The van der Waals surface area contributed by atoms with Gasteiger partial charge in [-0.1, -0.05) is 0 Å². The zero-order valence-corrected chi connectivity index (χ0v) is 8.28. The molecule has 0 fully saturated rings. The number of alkyl halides is 1. The van der Waals surface area contributed by atoms with Gasteiger partial charge in [0.25, 0.3) is 0 Å². The van der Waals surface area contributed by atoms with Gasteiger partial charge >= 0.3 is 64.8 Å². The standard InChI is InChI=1S/C6H5F2.BrH.Mg/c7-5-2-1-3-6(8)4-5;;/h1-2,4H,3H2;1H;/q;;+1/p-1. The van der Waals surface area contributed by atoms with E-state index in [2.05, 4.69) is 0 Å². The van der Waals surface area contributed by atoms with Crippen LogP contribution in [0.1, 0.15) is 6.42 Å². The van der Waals surface area contributed by atoms with Gasteiger partial charge in [0.15, 0.2) is 0 Å². The minimum absolute atomic E-state index is 0. The van der Waals surface area contributed by atoms with Crippen molar-refractivity contribution >= 4 is 21.7 Å². The summed E-state index contributed by atoms with van der Waals surface area (Å²) in [6.45, 7) is 0. The molecule has 0 aromatic heterocycles. The molecule has 0 spiro atoms. The SMILES string of the molecule is FC1=C[C](F)([Mg+])CC=C1.[Br-]. The fourth-order valence-electron chi connectivity index (χ4n) is 0.722. The van der Waals surface area contributed by atoms with Crippen LogP contribution >= 0.6 is 0 Å². The Hall–Kier alpha value is 0.586. The molecule has 1 atom stereocenters. The van der Waals surface area contributed by atoms with Crippen molar-refractivity contribution in [3.05, 3.63) is 24.1 Å². The van der Waals surface area contributed by atoms with E-state index in [4.69, 9.17) is 0 Å². The number of hydrogen-bond acceptors (Lipinski definition) is 0. The second kappa shape index (κ2) is 3.83. The molecule has 0 saturated carbocycles. The predicted molar refractivity (Wildman–Crippen MR) is 32.5 cm³/mol. The summed E-state index contributed by atoms with van der Waals surface area (Å²) in [4.78, 5) is 0. The Bertz CT molecular complexity index is 175. The number of halogens is 3. The van der Waals surface area contributed by atoms with Crippen LogP contribution in [0.5, 0.6) is 0 Å². The molecule has 1 aliphatic carbocycles. The summed E-state index contributed by atoms with van der Waals surface area (Å²) >= 11 is 1.16. The Balaban J connectivity index is 0.000000810. The maximum atomic E-state index is 12.8. The molecule has 0 aromatic carbocycles. The summed E-state index contributed by atoms with van der Waals surface area (Å²) in [5.41, 5.74) is 0. The third kappa shape index (κ3) is 3.12. The van der Waals surface area contributed by atoms with Crippen molar-refractivity contribution in [2.45, 2.75) is 10.2 Å². The van der Waals surface area contributed by atoms with Crippen molar-refractivity contribution in [2.24, 2.45) is 0 Å². The molecular formula is C6H5BrF2Mg. The number of rotatable bonds is 0. The van der Waals surface area contributed by atoms with Gasteiger partial charge in [0.05, 0.1) is 0 Å². The molecule has 0 aliphatic heterocycles.